The van der Waals surface area contributed by atoms with E-state index in [0.29, 0.717) is 0 Å². The number of aromatic nitrogens is 3. The van der Waals surface area contributed by atoms with Crippen molar-refractivity contribution in [2.75, 3.05) is 0 Å². The van der Waals surface area contributed by atoms with Crippen LogP contribution in [-0.4, -0.2) is 14.8 Å². The predicted octanol–water partition coefficient (Wildman–Crippen LogP) is 0.423. The van der Waals surface area contributed by atoms with Crippen molar-refractivity contribution >= 4 is 0 Å². The molecule has 0 fully saturated rings. The Morgan fingerprint density at radius 2 is 2.33 bits per heavy atom. The second-order valence-corrected chi connectivity index (χ2v) is 3.03. The molecule has 5 heteroatoms. The van der Waals surface area contributed by atoms with Crippen LogP contribution in [0.5, 0.6) is 0 Å². The molecule has 0 saturated carbocycles. The summed E-state index contributed by atoms with van der Waals surface area (Å²) in [6, 6.07) is 0. The molecule has 0 aromatic carbocycles. The quantitative estimate of drug-likeness (QED) is 0.668. The van der Waals surface area contributed by atoms with Gasteiger partial charge in [0.05, 0.1) is 0 Å². The van der Waals surface area contributed by atoms with Crippen molar-refractivity contribution in [3.05, 3.63) is 12.2 Å². The second-order valence-electron chi connectivity index (χ2n) is 3.03. The van der Waals surface area contributed by atoms with Crippen molar-refractivity contribution in [2.24, 2.45) is 5.90 Å². The molecule has 0 atom stereocenters. The summed E-state index contributed by atoms with van der Waals surface area (Å²) in [5, 5.41) is 4.02. The van der Waals surface area contributed by atoms with Crippen molar-refractivity contribution < 1.29 is 4.84 Å². The molecule has 0 unspecified atom stereocenters. The van der Waals surface area contributed by atoms with E-state index in [1.807, 2.05) is 20.8 Å². The van der Waals surface area contributed by atoms with E-state index in [9.17, 15) is 0 Å². The van der Waals surface area contributed by atoms with E-state index < -0.39 is 5.60 Å². The SMILES string of the molecule is CCn1ncnc1C(C)(C)ON. The number of hydrogen-bond donors (Lipinski definition) is 1. The molecule has 0 bridgehead atoms. The Kier molecular flexibility index (Phi) is 2.44. The third-order valence-corrected chi connectivity index (χ3v) is 1.75. The Labute approximate surface area is 71.5 Å². The van der Waals surface area contributed by atoms with E-state index >= 15 is 0 Å². The summed E-state index contributed by atoms with van der Waals surface area (Å²) in [5.74, 6) is 5.88. The first-order valence-corrected chi connectivity index (χ1v) is 3.88. The highest BCUT2D eigenvalue weighted by atomic mass is 16.6. The highest BCUT2D eigenvalue weighted by molar-refractivity contribution is 4.97. The van der Waals surface area contributed by atoms with Gasteiger partial charge < -0.3 is 0 Å². The van der Waals surface area contributed by atoms with Crippen LogP contribution in [0.25, 0.3) is 0 Å². The first-order chi connectivity index (χ1) is 5.61. The maximum Gasteiger partial charge on any atom is 0.160 e. The number of rotatable bonds is 3. The summed E-state index contributed by atoms with van der Waals surface area (Å²) >= 11 is 0. The van der Waals surface area contributed by atoms with Gasteiger partial charge in [-0.3, -0.25) is 4.84 Å². The Morgan fingerprint density at radius 3 is 2.83 bits per heavy atom. The molecule has 0 spiro atoms. The molecule has 1 heterocycles. The summed E-state index contributed by atoms with van der Waals surface area (Å²) in [7, 11) is 0. The Morgan fingerprint density at radius 1 is 1.67 bits per heavy atom. The van der Waals surface area contributed by atoms with Gasteiger partial charge >= 0.3 is 0 Å². The van der Waals surface area contributed by atoms with Gasteiger partial charge in [-0.05, 0) is 20.8 Å². The zero-order chi connectivity index (χ0) is 9.19. The van der Waals surface area contributed by atoms with Crippen LogP contribution in [-0.2, 0) is 17.0 Å². The minimum atomic E-state index is -0.577. The summed E-state index contributed by atoms with van der Waals surface area (Å²) in [4.78, 5) is 8.88. The molecule has 2 N–H and O–H groups in total. The predicted molar refractivity (Wildman–Crippen MR) is 44.0 cm³/mol. The van der Waals surface area contributed by atoms with Gasteiger partial charge in [0.25, 0.3) is 0 Å². The van der Waals surface area contributed by atoms with Crippen LogP contribution in [0.3, 0.4) is 0 Å². The molecule has 1 aromatic rings. The number of hydrogen-bond acceptors (Lipinski definition) is 4. The average molecular weight is 170 g/mol. The number of nitrogens with two attached hydrogens (primary N) is 1. The first-order valence-electron chi connectivity index (χ1n) is 3.88. The molecular formula is C7H14N4O. The second kappa shape index (κ2) is 3.20. The fraction of sp³-hybridized carbons (Fsp3) is 0.714. The highest BCUT2D eigenvalue weighted by Crippen LogP contribution is 2.19. The first kappa shape index (κ1) is 9.15. The van der Waals surface area contributed by atoms with Crippen molar-refractivity contribution in [1.82, 2.24) is 14.8 Å². The molecule has 0 aliphatic rings. The maximum absolute atomic E-state index is 5.14. The highest BCUT2D eigenvalue weighted by Gasteiger charge is 2.26. The lowest BCUT2D eigenvalue weighted by atomic mass is 10.1. The van der Waals surface area contributed by atoms with Crippen LogP contribution in [0.4, 0.5) is 0 Å². The van der Waals surface area contributed by atoms with E-state index in [0.717, 1.165) is 12.4 Å². The monoisotopic (exact) mass is 170 g/mol. The van der Waals surface area contributed by atoms with E-state index in [-0.39, 0.29) is 0 Å². The van der Waals surface area contributed by atoms with Crippen LogP contribution >= 0.6 is 0 Å². The molecule has 1 aromatic heterocycles. The fourth-order valence-electron chi connectivity index (χ4n) is 1.01. The van der Waals surface area contributed by atoms with Gasteiger partial charge in [0, 0.05) is 6.54 Å². The lowest BCUT2D eigenvalue weighted by molar-refractivity contribution is -0.0332. The van der Waals surface area contributed by atoms with E-state index in [1.54, 1.807) is 4.68 Å². The third kappa shape index (κ3) is 1.46. The molecule has 0 aliphatic heterocycles. The van der Waals surface area contributed by atoms with Crippen LogP contribution in [0.2, 0.25) is 0 Å². The van der Waals surface area contributed by atoms with Crippen LogP contribution in [0, 0.1) is 0 Å². The van der Waals surface area contributed by atoms with Crippen LogP contribution in [0.15, 0.2) is 6.33 Å². The Hall–Kier alpha value is -0.940. The van der Waals surface area contributed by atoms with Crippen molar-refractivity contribution in [2.45, 2.75) is 32.9 Å². The summed E-state index contributed by atoms with van der Waals surface area (Å²) in [6.07, 6.45) is 1.50. The lowest BCUT2D eigenvalue weighted by Crippen LogP contribution is -2.29. The van der Waals surface area contributed by atoms with Gasteiger partial charge in [0.15, 0.2) is 5.82 Å². The molecule has 5 nitrogen and oxygen atoms in total. The molecule has 0 amide bonds. The minimum Gasteiger partial charge on any atom is -0.290 e. The van der Waals surface area contributed by atoms with Gasteiger partial charge in [0.2, 0.25) is 0 Å². The Balaban J connectivity index is 3.00. The number of nitrogens with zero attached hydrogens (tertiary/aromatic N) is 3. The summed E-state index contributed by atoms with van der Waals surface area (Å²) < 4.78 is 1.76. The van der Waals surface area contributed by atoms with E-state index in [1.165, 1.54) is 6.33 Å². The van der Waals surface area contributed by atoms with Gasteiger partial charge in [-0.2, -0.15) is 5.10 Å². The summed E-state index contributed by atoms with van der Waals surface area (Å²) in [5.41, 5.74) is -0.577. The van der Waals surface area contributed by atoms with Gasteiger partial charge in [0.1, 0.15) is 11.9 Å². The van der Waals surface area contributed by atoms with Gasteiger partial charge in [-0.15, -0.1) is 0 Å². The topological polar surface area (TPSA) is 66.0 Å². The molecule has 12 heavy (non-hydrogen) atoms. The summed E-state index contributed by atoms with van der Waals surface area (Å²) in [6.45, 7) is 6.46. The standard InChI is InChI=1S/C7H14N4O/c1-4-11-6(9-5-10-11)7(2,3)12-8/h5H,4,8H2,1-3H3. The maximum atomic E-state index is 5.14. The average Bonchev–Trinajstić information content (AvgIpc) is 2.52. The molecule has 0 radical (unpaired) electrons. The van der Waals surface area contributed by atoms with Gasteiger partial charge in [-0.1, -0.05) is 0 Å². The van der Waals surface area contributed by atoms with Crippen molar-refractivity contribution in [1.29, 1.82) is 0 Å². The smallest absolute Gasteiger partial charge is 0.160 e. The minimum absolute atomic E-state index is 0.577. The molecule has 68 valence electrons. The van der Waals surface area contributed by atoms with Crippen molar-refractivity contribution in [3.8, 4) is 0 Å². The lowest BCUT2D eigenvalue weighted by Gasteiger charge is -2.20. The largest absolute Gasteiger partial charge is 0.290 e. The fourth-order valence-corrected chi connectivity index (χ4v) is 1.01. The molecule has 0 aliphatic carbocycles. The van der Waals surface area contributed by atoms with Crippen molar-refractivity contribution in [3.63, 3.8) is 0 Å². The van der Waals surface area contributed by atoms with Crippen LogP contribution < -0.4 is 5.90 Å². The molecule has 1 rings (SSSR count). The van der Waals surface area contributed by atoms with E-state index in [4.69, 9.17) is 10.7 Å². The zero-order valence-electron chi connectivity index (χ0n) is 7.61. The van der Waals surface area contributed by atoms with Crippen LogP contribution in [0.1, 0.15) is 26.6 Å². The molecular weight excluding hydrogens is 156 g/mol. The normalized spacial score (nSPS) is 12.0. The molecule has 0 saturated heterocycles. The zero-order valence-corrected chi connectivity index (χ0v) is 7.61. The van der Waals surface area contributed by atoms with Gasteiger partial charge in [-0.25, -0.2) is 15.6 Å². The Bertz CT molecular complexity index is 256. The van der Waals surface area contributed by atoms with E-state index in [2.05, 4.69) is 10.1 Å². The third-order valence-electron chi connectivity index (χ3n) is 1.75. The number of aryl methyl sites for hydroxylation is 1.